The molecule has 0 aromatic rings. The van der Waals surface area contributed by atoms with Gasteiger partial charge in [-0.3, -0.25) is 0 Å². The van der Waals surface area contributed by atoms with Crippen LogP contribution in [0.4, 0.5) is 0 Å². The third-order valence-electron chi connectivity index (χ3n) is 3.26. The van der Waals surface area contributed by atoms with Gasteiger partial charge in [0.05, 0.1) is 0 Å². The molecule has 0 spiro atoms. The molecule has 0 amide bonds. The van der Waals surface area contributed by atoms with Gasteiger partial charge in [0.25, 0.3) is 0 Å². The average molecular weight is 200 g/mol. The predicted octanol–water partition coefficient (Wildman–Crippen LogP) is 1.43. The van der Waals surface area contributed by atoms with Crippen LogP contribution in [0.1, 0.15) is 40.0 Å². The molecule has 1 aliphatic rings. The summed E-state index contributed by atoms with van der Waals surface area (Å²) >= 11 is 0. The summed E-state index contributed by atoms with van der Waals surface area (Å²) < 4.78 is 5.15. The number of hydrogen-bond acceptors (Lipinski definition) is 3. The van der Waals surface area contributed by atoms with Crippen LogP contribution in [-0.2, 0) is 4.65 Å². The summed E-state index contributed by atoms with van der Waals surface area (Å²) in [5, 5.41) is 17.6. The lowest BCUT2D eigenvalue weighted by molar-refractivity contribution is 0.0121. The van der Waals surface area contributed by atoms with E-state index in [1.54, 1.807) is 0 Å². The highest BCUT2D eigenvalue weighted by Crippen LogP contribution is 2.35. The summed E-state index contributed by atoms with van der Waals surface area (Å²) in [6.45, 7) is 6.53. The Balaban J connectivity index is 2.54. The van der Waals surface area contributed by atoms with Gasteiger partial charge in [0.1, 0.15) is 0 Å². The predicted molar refractivity (Wildman–Crippen MR) is 56.4 cm³/mol. The van der Waals surface area contributed by atoms with Crippen molar-refractivity contribution in [2.24, 2.45) is 17.8 Å². The summed E-state index contributed by atoms with van der Waals surface area (Å²) in [5.41, 5.74) is 0. The molecule has 1 rings (SSSR count). The van der Waals surface area contributed by atoms with Crippen LogP contribution in [0.25, 0.3) is 0 Å². The van der Waals surface area contributed by atoms with E-state index in [1.165, 1.54) is 6.42 Å². The van der Waals surface area contributed by atoms with Crippen LogP contribution in [0, 0.1) is 17.8 Å². The highest BCUT2D eigenvalue weighted by Gasteiger charge is 2.33. The van der Waals surface area contributed by atoms with Gasteiger partial charge in [-0.05, 0) is 30.6 Å². The molecule has 2 N–H and O–H groups in total. The van der Waals surface area contributed by atoms with Gasteiger partial charge in [-0.2, -0.15) is 0 Å². The van der Waals surface area contributed by atoms with Crippen molar-refractivity contribution in [1.29, 1.82) is 0 Å². The third-order valence-corrected chi connectivity index (χ3v) is 3.26. The highest BCUT2D eigenvalue weighted by molar-refractivity contribution is 6.32. The van der Waals surface area contributed by atoms with Crippen molar-refractivity contribution in [1.82, 2.24) is 0 Å². The molecule has 0 radical (unpaired) electrons. The number of hydrogen-bond donors (Lipinski definition) is 2. The van der Waals surface area contributed by atoms with E-state index in [1.807, 2.05) is 0 Å². The van der Waals surface area contributed by atoms with E-state index in [-0.39, 0.29) is 6.10 Å². The topological polar surface area (TPSA) is 49.7 Å². The first-order valence-corrected chi connectivity index (χ1v) is 5.52. The van der Waals surface area contributed by atoms with Gasteiger partial charge in [-0.15, -0.1) is 0 Å². The van der Waals surface area contributed by atoms with Gasteiger partial charge in [0.2, 0.25) is 0 Å². The van der Waals surface area contributed by atoms with Crippen LogP contribution >= 0.6 is 0 Å². The second-order valence-corrected chi connectivity index (χ2v) is 4.83. The van der Waals surface area contributed by atoms with Gasteiger partial charge >= 0.3 is 7.32 Å². The van der Waals surface area contributed by atoms with Crippen LogP contribution in [0.2, 0.25) is 0 Å². The summed E-state index contributed by atoms with van der Waals surface area (Å²) in [4.78, 5) is 0. The van der Waals surface area contributed by atoms with Crippen molar-refractivity contribution in [3.63, 3.8) is 0 Å². The standard InChI is InChI=1S/C10H21BO3/c1-7(2)9-5-4-8(3)6-10(9)14-11(12)13/h7-10,12-13H,4-6H2,1-3H3/t8-,9+,10+/m0/s1. The Morgan fingerprint density at radius 2 is 1.93 bits per heavy atom. The summed E-state index contributed by atoms with van der Waals surface area (Å²) in [6.07, 6.45) is 3.32. The molecule has 0 unspecified atom stereocenters. The molecule has 1 saturated carbocycles. The second-order valence-electron chi connectivity index (χ2n) is 4.83. The van der Waals surface area contributed by atoms with Gasteiger partial charge in [0, 0.05) is 6.10 Å². The van der Waals surface area contributed by atoms with E-state index in [2.05, 4.69) is 20.8 Å². The van der Waals surface area contributed by atoms with Gasteiger partial charge in [-0.1, -0.05) is 27.2 Å². The summed E-state index contributed by atoms with van der Waals surface area (Å²) in [7, 11) is -1.62. The first kappa shape index (κ1) is 12.0. The lowest BCUT2D eigenvalue weighted by Gasteiger charge is -2.37. The Morgan fingerprint density at radius 1 is 1.29 bits per heavy atom. The zero-order valence-corrected chi connectivity index (χ0v) is 9.31. The minimum Gasteiger partial charge on any atom is -0.402 e. The van der Waals surface area contributed by atoms with Gasteiger partial charge < -0.3 is 14.7 Å². The van der Waals surface area contributed by atoms with E-state index in [4.69, 9.17) is 14.7 Å². The molecule has 0 aromatic heterocycles. The van der Waals surface area contributed by atoms with Gasteiger partial charge in [-0.25, -0.2) is 0 Å². The maximum absolute atomic E-state index is 8.82. The first-order chi connectivity index (χ1) is 6.50. The van der Waals surface area contributed by atoms with Gasteiger partial charge in [0.15, 0.2) is 0 Å². The Hall–Kier alpha value is -0.0551. The Labute approximate surface area is 86.6 Å². The van der Waals surface area contributed by atoms with E-state index in [0.29, 0.717) is 17.8 Å². The molecular weight excluding hydrogens is 179 g/mol. The molecule has 3 atom stereocenters. The number of rotatable bonds is 3. The molecule has 3 nitrogen and oxygen atoms in total. The molecule has 82 valence electrons. The monoisotopic (exact) mass is 200 g/mol. The summed E-state index contributed by atoms with van der Waals surface area (Å²) in [5.74, 6) is 1.65. The Kier molecular flexibility index (Phi) is 4.42. The molecule has 0 aromatic carbocycles. The van der Waals surface area contributed by atoms with Crippen LogP contribution in [0.5, 0.6) is 0 Å². The zero-order chi connectivity index (χ0) is 10.7. The molecule has 1 fully saturated rings. The minimum atomic E-state index is -1.62. The minimum absolute atomic E-state index is 0.0127. The van der Waals surface area contributed by atoms with E-state index in [9.17, 15) is 0 Å². The zero-order valence-electron chi connectivity index (χ0n) is 9.31. The van der Waals surface area contributed by atoms with Crippen LogP contribution < -0.4 is 0 Å². The largest absolute Gasteiger partial charge is 0.634 e. The van der Waals surface area contributed by atoms with Crippen molar-refractivity contribution in [2.45, 2.75) is 46.1 Å². The van der Waals surface area contributed by atoms with Crippen molar-refractivity contribution in [3.05, 3.63) is 0 Å². The molecule has 0 saturated heterocycles. The molecule has 0 aliphatic heterocycles. The van der Waals surface area contributed by atoms with Crippen LogP contribution in [0.3, 0.4) is 0 Å². The summed E-state index contributed by atoms with van der Waals surface area (Å²) in [6, 6.07) is 0. The van der Waals surface area contributed by atoms with E-state index < -0.39 is 7.32 Å². The van der Waals surface area contributed by atoms with E-state index in [0.717, 1.165) is 12.8 Å². The molecule has 0 heterocycles. The average Bonchev–Trinajstić information content (AvgIpc) is 2.01. The fourth-order valence-electron chi connectivity index (χ4n) is 2.43. The highest BCUT2D eigenvalue weighted by atomic mass is 16.6. The quantitative estimate of drug-likeness (QED) is 0.677. The van der Waals surface area contributed by atoms with Crippen molar-refractivity contribution >= 4 is 7.32 Å². The first-order valence-electron chi connectivity index (χ1n) is 5.52. The van der Waals surface area contributed by atoms with Crippen molar-refractivity contribution in [2.75, 3.05) is 0 Å². The molecular formula is C10H21BO3. The van der Waals surface area contributed by atoms with Crippen molar-refractivity contribution < 1.29 is 14.7 Å². The Bertz CT molecular complexity index is 171. The van der Waals surface area contributed by atoms with Crippen LogP contribution in [-0.4, -0.2) is 23.5 Å². The third kappa shape index (κ3) is 3.26. The normalized spacial score (nSPS) is 33.4. The lowest BCUT2D eigenvalue weighted by Crippen LogP contribution is -2.38. The smallest absolute Gasteiger partial charge is 0.402 e. The van der Waals surface area contributed by atoms with Crippen molar-refractivity contribution in [3.8, 4) is 0 Å². The van der Waals surface area contributed by atoms with E-state index >= 15 is 0 Å². The molecule has 14 heavy (non-hydrogen) atoms. The molecule has 4 heteroatoms. The SMILES string of the molecule is CC(C)[C@H]1CC[C@H](C)C[C@H]1OB(O)O. The fourth-order valence-corrected chi connectivity index (χ4v) is 2.43. The molecule has 0 bridgehead atoms. The lowest BCUT2D eigenvalue weighted by atomic mass is 9.75. The Morgan fingerprint density at radius 3 is 2.43 bits per heavy atom. The maximum Gasteiger partial charge on any atom is 0.634 e. The maximum atomic E-state index is 8.82. The molecule has 1 aliphatic carbocycles. The van der Waals surface area contributed by atoms with Crippen LogP contribution in [0.15, 0.2) is 0 Å². The second kappa shape index (κ2) is 5.15. The fraction of sp³-hybridized carbons (Fsp3) is 1.00.